The molecule has 29 heavy (non-hydrogen) atoms. The van der Waals surface area contributed by atoms with Gasteiger partial charge in [-0.25, -0.2) is 0 Å². The molecule has 7 heteroatoms. The predicted molar refractivity (Wildman–Crippen MR) is 109 cm³/mol. The molecule has 2 aromatic carbocycles. The fourth-order valence-electron chi connectivity index (χ4n) is 3.70. The molecule has 0 spiro atoms. The summed E-state index contributed by atoms with van der Waals surface area (Å²) in [5, 5.41) is 23.1. The molecule has 2 aromatic rings. The molecule has 4 atom stereocenters. The van der Waals surface area contributed by atoms with Crippen LogP contribution in [0.25, 0.3) is 0 Å². The molecule has 0 aliphatic carbocycles. The molecule has 1 fully saturated rings. The average Bonchev–Trinajstić information content (AvgIpc) is 3.08. The molecule has 1 aliphatic heterocycles. The summed E-state index contributed by atoms with van der Waals surface area (Å²) in [5.74, 6) is 0.444. The van der Waals surface area contributed by atoms with Crippen molar-refractivity contribution in [2.75, 3.05) is 27.3 Å². The Morgan fingerprint density at radius 1 is 1.14 bits per heavy atom. The number of amides is 1. The van der Waals surface area contributed by atoms with Crippen molar-refractivity contribution in [2.24, 2.45) is 0 Å². The second-order valence-electron chi connectivity index (χ2n) is 7.22. The normalized spacial score (nSPS) is 23.9. The van der Waals surface area contributed by atoms with Crippen LogP contribution in [0, 0.1) is 0 Å². The lowest BCUT2D eigenvalue weighted by molar-refractivity contribution is -0.0209. The number of hydrogen-bond acceptors (Lipinski definition) is 6. The summed E-state index contributed by atoms with van der Waals surface area (Å²) in [5.41, 5.74) is 1.62. The van der Waals surface area contributed by atoms with E-state index in [0.717, 1.165) is 5.56 Å². The third kappa shape index (κ3) is 5.13. The van der Waals surface area contributed by atoms with Crippen molar-refractivity contribution in [1.82, 2.24) is 10.2 Å². The van der Waals surface area contributed by atoms with Crippen LogP contribution in [0.1, 0.15) is 15.9 Å². The molecule has 1 amide bonds. The largest absolute Gasteiger partial charge is 0.497 e. The van der Waals surface area contributed by atoms with Gasteiger partial charge in [-0.3, -0.25) is 9.69 Å². The molecule has 3 rings (SSSR count). The van der Waals surface area contributed by atoms with Crippen molar-refractivity contribution in [3.05, 3.63) is 65.7 Å². The number of hydrogen-bond donors (Lipinski definition) is 3. The summed E-state index contributed by atoms with van der Waals surface area (Å²) >= 11 is 0. The number of methoxy groups -OCH3 is 1. The molecule has 1 saturated heterocycles. The first-order valence-corrected chi connectivity index (χ1v) is 9.64. The van der Waals surface area contributed by atoms with Crippen LogP contribution in [-0.2, 0) is 11.3 Å². The van der Waals surface area contributed by atoms with E-state index < -0.39 is 18.3 Å². The molecule has 0 unspecified atom stereocenters. The second-order valence-corrected chi connectivity index (χ2v) is 7.22. The van der Waals surface area contributed by atoms with Crippen LogP contribution < -0.4 is 10.1 Å². The zero-order valence-corrected chi connectivity index (χ0v) is 16.7. The van der Waals surface area contributed by atoms with Gasteiger partial charge in [-0.1, -0.05) is 30.3 Å². The summed E-state index contributed by atoms with van der Waals surface area (Å²) in [6.07, 6.45) is -1.98. The summed E-state index contributed by atoms with van der Waals surface area (Å²) in [6.45, 7) is 0.564. The quantitative estimate of drug-likeness (QED) is 0.614. The van der Waals surface area contributed by atoms with Crippen LogP contribution in [0.15, 0.2) is 54.6 Å². The lowest BCUT2D eigenvalue weighted by Crippen LogP contribution is -2.49. The lowest BCUT2D eigenvalue weighted by atomic mass is 10.0. The van der Waals surface area contributed by atoms with E-state index in [-0.39, 0.29) is 25.1 Å². The highest BCUT2D eigenvalue weighted by atomic mass is 16.5. The van der Waals surface area contributed by atoms with Crippen molar-refractivity contribution in [1.29, 1.82) is 0 Å². The van der Waals surface area contributed by atoms with Crippen LogP contribution in [-0.4, -0.2) is 72.7 Å². The molecule has 7 nitrogen and oxygen atoms in total. The SMILES string of the molecule is COc1ccc(C(=O)NC[C@H]2O[C@@H](CO)[C@@H](O)[C@@H]2N(C)Cc2ccccc2)cc1. The molecule has 3 N–H and O–H groups in total. The zero-order valence-electron chi connectivity index (χ0n) is 16.7. The Morgan fingerprint density at radius 2 is 1.83 bits per heavy atom. The smallest absolute Gasteiger partial charge is 0.251 e. The second kappa shape index (κ2) is 9.84. The molecule has 1 heterocycles. The van der Waals surface area contributed by atoms with Gasteiger partial charge in [0.25, 0.3) is 5.91 Å². The Morgan fingerprint density at radius 3 is 2.45 bits per heavy atom. The Kier molecular flexibility index (Phi) is 7.22. The number of carbonyl (C=O) groups excluding carboxylic acids is 1. The van der Waals surface area contributed by atoms with E-state index in [0.29, 0.717) is 17.9 Å². The molecule has 156 valence electrons. The highest BCUT2D eigenvalue weighted by molar-refractivity contribution is 5.94. The van der Waals surface area contributed by atoms with Gasteiger partial charge >= 0.3 is 0 Å². The van der Waals surface area contributed by atoms with E-state index in [9.17, 15) is 15.0 Å². The highest BCUT2D eigenvalue weighted by Crippen LogP contribution is 2.26. The Balaban J connectivity index is 1.65. The van der Waals surface area contributed by atoms with E-state index in [1.165, 1.54) is 0 Å². The minimum Gasteiger partial charge on any atom is -0.497 e. The number of rotatable bonds is 8. The van der Waals surface area contributed by atoms with Crippen LogP contribution in [0.5, 0.6) is 5.75 Å². The summed E-state index contributed by atoms with van der Waals surface area (Å²) in [4.78, 5) is 14.5. The minimum atomic E-state index is -0.850. The first kappa shape index (κ1) is 21.3. The van der Waals surface area contributed by atoms with Gasteiger partial charge in [-0.05, 0) is 36.9 Å². The number of nitrogens with one attached hydrogen (secondary N) is 1. The number of aliphatic hydroxyl groups excluding tert-OH is 2. The molecule has 0 bridgehead atoms. The minimum absolute atomic E-state index is 0.224. The van der Waals surface area contributed by atoms with Gasteiger partial charge in [0.1, 0.15) is 18.0 Å². The van der Waals surface area contributed by atoms with Gasteiger partial charge in [0.05, 0.1) is 25.9 Å². The Bertz CT molecular complexity index is 784. The highest BCUT2D eigenvalue weighted by Gasteiger charge is 2.45. The molecule has 0 radical (unpaired) electrons. The number of nitrogens with zero attached hydrogens (tertiary/aromatic N) is 1. The van der Waals surface area contributed by atoms with Gasteiger partial charge in [-0.15, -0.1) is 0 Å². The Labute approximate surface area is 170 Å². The molecular formula is C22H28N2O5. The number of benzene rings is 2. The van der Waals surface area contributed by atoms with Crippen LogP contribution in [0.2, 0.25) is 0 Å². The summed E-state index contributed by atoms with van der Waals surface area (Å²) < 4.78 is 10.9. The van der Waals surface area contributed by atoms with Gasteiger partial charge in [0.15, 0.2) is 0 Å². The van der Waals surface area contributed by atoms with Crippen molar-refractivity contribution in [3.63, 3.8) is 0 Å². The third-order valence-electron chi connectivity index (χ3n) is 5.24. The van der Waals surface area contributed by atoms with Crippen molar-refractivity contribution >= 4 is 5.91 Å². The monoisotopic (exact) mass is 400 g/mol. The fourth-order valence-corrected chi connectivity index (χ4v) is 3.70. The third-order valence-corrected chi connectivity index (χ3v) is 5.24. The van der Waals surface area contributed by atoms with Crippen molar-refractivity contribution in [2.45, 2.75) is 30.9 Å². The number of carbonyl (C=O) groups is 1. The maximum Gasteiger partial charge on any atom is 0.251 e. The van der Waals surface area contributed by atoms with E-state index in [1.54, 1.807) is 31.4 Å². The maximum absolute atomic E-state index is 12.5. The first-order chi connectivity index (χ1) is 14.0. The van der Waals surface area contributed by atoms with E-state index >= 15 is 0 Å². The van der Waals surface area contributed by atoms with Crippen molar-refractivity contribution < 1.29 is 24.5 Å². The zero-order chi connectivity index (χ0) is 20.8. The van der Waals surface area contributed by atoms with E-state index in [4.69, 9.17) is 9.47 Å². The van der Waals surface area contributed by atoms with E-state index in [2.05, 4.69) is 5.32 Å². The van der Waals surface area contributed by atoms with Crippen LogP contribution in [0.3, 0.4) is 0 Å². The fraction of sp³-hybridized carbons (Fsp3) is 0.409. The summed E-state index contributed by atoms with van der Waals surface area (Å²) in [7, 11) is 3.48. The predicted octanol–water partition coefficient (Wildman–Crippen LogP) is 1.05. The summed E-state index contributed by atoms with van der Waals surface area (Å²) in [6, 6.07) is 16.4. The standard InChI is InChI=1S/C22H28N2O5/c1-24(13-15-6-4-3-5-7-15)20-18(29-19(14-25)21(20)26)12-23-22(27)16-8-10-17(28-2)11-9-16/h3-11,18-21,25-26H,12-14H2,1-2H3,(H,23,27)/t18-,19+,20-,21-/m1/s1. The van der Waals surface area contributed by atoms with E-state index in [1.807, 2.05) is 42.3 Å². The molecule has 1 aliphatic rings. The lowest BCUT2D eigenvalue weighted by Gasteiger charge is -2.30. The molecule has 0 aromatic heterocycles. The van der Waals surface area contributed by atoms with Gasteiger partial charge in [0, 0.05) is 18.7 Å². The first-order valence-electron chi connectivity index (χ1n) is 9.64. The average molecular weight is 400 g/mol. The van der Waals surface area contributed by atoms with Gasteiger partial charge < -0.3 is 25.0 Å². The number of aliphatic hydroxyl groups is 2. The molecule has 0 saturated carbocycles. The van der Waals surface area contributed by atoms with Crippen LogP contribution in [0.4, 0.5) is 0 Å². The number of likely N-dealkylation sites (N-methyl/N-ethyl adjacent to an activating group) is 1. The van der Waals surface area contributed by atoms with Gasteiger partial charge in [0.2, 0.25) is 0 Å². The molecular weight excluding hydrogens is 372 g/mol. The Hall–Kier alpha value is -2.45. The van der Waals surface area contributed by atoms with Crippen molar-refractivity contribution in [3.8, 4) is 5.75 Å². The van der Waals surface area contributed by atoms with Gasteiger partial charge in [-0.2, -0.15) is 0 Å². The van der Waals surface area contributed by atoms with Crippen LogP contribution >= 0.6 is 0 Å². The topological polar surface area (TPSA) is 91.3 Å². The maximum atomic E-state index is 12.5. The number of ether oxygens (including phenoxy) is 2.